The molecule has 0 aliphatic heterocycles. The van der Waals surface area contributed by atoms with Gasteiger partial charge in [0.1, 0.15) is 0 Å². The molecule has 0 radical (unpaired) electrons. The van der Waals surface area contributed by atoms with Crippen LogP contribution in [0.25, 0.3) is 0 Å². The Balaban J connectivity index is 2.89. The smallest absolute Gasteiger partial charge is 0.179 e. The summed E-state index contributed by atoms with van der Waals surface area (Å²) in [4.78, 5) is 12.7. The second-order valence-corrected chi connectivity index (χ2v) is 4.37. The summed E-state index contributed by atoms with van der Waals surface area (Å²) in [5.74, 6) is 0.174. The molecule has 13 heavy (non-hydrogen) atoms. The molecule has 0 fully saturated rings. The molecule has 0 amide bonds. The SMILES string of the molecule is CCC(C)(CN)C(=O)c1cccs1. The predicted molar refractivity (Wildman–Crippen MR) is 56.1 cm³/mol. The van der Waals surface area contributed by atoms with Crippen LogP contribution in [-0.4, -0.2) is 12.3 Å². The number of nitrogens with two attached hydrogens (primary N) is 1. The van der Waals surface area contributed by atoms with Crippen molar-refractivity contribution in [3.05, 3.63) is 22.4 Å². The van der Waals surface area contributed by atoms with Crippen molar-refractivity contribution in [1.29, 1.82) is 0 Å². The van der Waals surface area contributed by atoms with Crippen molar-refractivity contribution in [2.45, 2.75) is 20.3 Å². The van der Waals surface area contributed by atoms with Crippen LogP contribution in [0, 0.1) is 5.41 Å². The van der Waals surface area contributed by atoms with Crippen molar-refractivity contribution in [3.8, 4) is 0 Å². The first-order valence-corrected chi connectivity index (χ1v) is 5.30. The molecule has 0 aromatic carbocycles. The number of carbonyl (C=O) groups excluding carboxylic acids is 1. The van der Waals surface area contributed by atoms with Gasteiger partial charge in [-0.2, -0.15) is 0 Å². The maximum Gasteiger partial charge on any atom is 0.179 e. The minimum Gasteiger partial charge on any atom is -0.329 e. The summed E-state index contributed by atoms with van der Waals surface area (Å²) < 4.78 is 0. The number of rotatable bonds is 4. The van der Waals surface area contributed by atoms with E-state index in [4.69, 9.17) is 5.73 Å². The monoisotopic (exact) mass is 197 g/mol. The summed E-state index contributed by atoms with van der Waals surface area (Å²) in [6, 6.07) is 3.75. The first-order valence-electron chi connectivity index (χ1n) is 4.42. The minimum atomic E-state index is -0.384. The van der Waals surface area contributed by atoms with Gasteiger partial charge in [0.25, 0.3) is 0 Å². The highest BCUT2D eigenvalue weighted by molar-refractivity contribution is 7.12. The molecule has 72 valence electrons. The quantitative estimate of drug-likeness (QED) is 0.753. The first kappa shape index (κ1) is 10.4. The number of ketones is 1. The number of hydrogen-bond acceptors (Lipinski definition) is 3. The number of Topliss-reactive ketones (excluding diaryl/α,β-unsaturated/α-hetero) is 1. The zero-order valence-corrected chi connectivity index (χ0v) is 8.86. The largest absolute Gasteiger partial charge is 0.329 e. The summed E-state index contributed by atoms with van der Waals surface area (Å²) in [6.45, 7) is 4.34. The molecule has 0 saturated heterocycles. The van der Waals surface area contributed by atoms with E-state index in [-0.39, 0.29) is 11.2 Å². The van der Waals surface area contributed by atoms with Crippen LogP contribution in [0.4, 0.5) is 0 Å². The van der Waals surface area contributed by atoms with Crippen molar-refractivity contribution < 1.29 is 4.79 Å². The summed E-state index contributed by atoms with van der Waals surface area (Å²) in [7, 11) is 0. The van der Waals surface area contributed by atoms with Gasteiger partial charge < -0.3 is 5.73 Å². The lowest BCUT2D eigenvalue weighted by atomic mass is 9.82. The molecular weight excluding hydrogens is 182 g/mol. The topological polar surface area (TPSA) is 43.1 Å². The molecule has 1 atom stereocenters. The fraction of sp³-hybridized carbons (Fsp3) is 0.500. The van der Waals surface area contributed by atoms with Gasteiger partial charge in [0.2, 0.25) is 0 Å². The van der Waals surface area contributed by atoms with Crippen LogP contribution < -0.4 is 5.73 Å². The molecule has 2 N–H and O–H groups in total. The van der Waals surface area contributed by atoms with E-state index < -0.39 is 0 Å². The third-order valence-electron chi connectivity index (χ3n) is 2.52. The van der Waals surface area contributed by atoms with E-state index in [0.29, 0.717) is 6.54 Å². The average molecular weight is 197 g/mol. The maximum atomic E-state index is 11.9. The van der Waals surface area contributed by atoms with E-state index in [0.717, 1.165) is 11.3 Å². The van der Waals surface area contributed by atoms with E-state index in [1.807, 2.05) is 31.4 Å². The average Bonchev–Trinajstić information content (AvgIpc) is 2.68. The lowest BCUT2D eigenvalue weighted by Gasteiger charge is -2.23. The van der Waals surface area contributed by atoms with Crippen LogP contribution in [0.5, 0.6) is 0 Å². The normalized spacial score (nSPS) is 15.3. The molecule has 0 aliphatic rings. The minimum absolute atomic E-state index is 0.174. The third-order valence-corrected chi connectivity index (χ3v) is 3.39. The zero-order chi connectivity index (χ0) is 9.90. The summed E-state index contributed by atoms with van der Waals surface area (Å²) in [6.07, 6.45) is 0.792. The Hall–Kier alpha value is -0.670. The highest BCUT2D eigenvalue weighted by atomic mass is 32.1. The maximum absolute atomic E-state index is 11.9. The van der Waals surface area contributed by atoms with Gasteiger partial charge in [-0.3, -0.25) is 4.79 Å². The van der Waals surface area contributed by atoms with Crippen molar-refractivity contribution in [2.24, 2.45) is 11.1 Å². The van der Waals surface area contributed by atoms with Crippen molar-refractivity contribution >= 4 is 17.1 Å². The van der Waals surface area contributed by atoms with Crippen LogP contribution >= 0.6 is 11.3 Å². The van der Waals surface area contributed by atoms with Crippen molar-refractivity contribution in [3.63, 3.8) is 0 Å². The predicted octanol–water partition coefficient (Wildman–Crippen LogP) is 2.31. The van der Waals surface area contributed by atoms with Gasteiger partial charge in [-0.15, -0.1) is 11.3 Å². The highest BCUT2D eigenvalue weighted by Gasteiger charge is 2.30. The van der Waals surface area contributed by atoms with E-state index in [1.165, 1.54) is 11.3 Å². The summed E-state index contributed by atoms with van der Waals surface area (Å²) in [5.41, 5.74) is 5.22. The molecule has 1 heterocycles. The van der Waals surface area contributed by atoms with Gasteiger partial charge in [0, 0.05) is 12.0 Å². The summed E-state index contributed by atoms with van der Waals surface area (Å²) >= 11 is 1.48. The van der Waals surface area contributed by atoms with Crippen LogP contribution in [0.1, 0.15) is 29.9 Å². The summed E-state index contributed by atoms with van der Waals surface area (Å²) in [5, 5.41) is 1.92. The zero-order valence-electron chi connectivity index (χ0n) is 8.04. The number of hydrogen-bond donors (Lipinski definition) is 1. The van der Waals surface area contributed by atoms with Gasteiger partial charge in [0.15, 0.2) is 5.78 Å². The Labute approximate surface area is 82.8 Å². The molecule has 0 aliphatic carbocycles. The van der Waals surface area contributed by atoms with Crippen LogP contribution in [-0.2, 0) is 0 Å². The molecule has 1 unspecified atom stereocenters. The van der Waals surface area contributed by atoms with Crippen molar-refractivity contribution in [1.82, 2.24) is 0 Å². The molecule has 1 rings (SSSR count). The Kier molecular flexibility index (Phi) is 3.22. The van der Waals surface area contributed by atoms with E-state index in [2.05, 4.69) is 0 Å². The Bertz CT molecular complexity index is 275. The number of carbonyl (C=O) groups is 1. The van der Waals surface area contributed by atoms with Gasteiger partial charge in [0.05, 0.1) is 4.88 Å². The van der Waals surface area contributed by atoms with E-state index in [1.54, 1.807) is 0 Å². The molecule has 1 aromatic rings. The molecular formula is C10H15NOS. The van der Waals surface area contributed by atoms with Gasteiger partial charge in [-0.1, -0.05) is 19.9 Å². The fourth-order valence-corrected chi connectivity index (χ4v) is 1.92. The second kappa shape index (κ2) is 4.03. The third kappa shape index (κ3) is 1.98. The highest BCUT2D eigenvalue weighted by Crippen LogP contribution is 2.27. The van der Waals surface area contributed by atoms with Crippen molar-refractivity contribution in [2.75, 3.05) is 6.54 Å². The van der Waals surface area contributed by atoms with Gasteiger partial charge >= 0.3 is 0 Å². The van der Waals surface area contributed by atoms with E-state index >= 15 is 0 Å². The Morgan fingerprint density at radius 1 is 1.69 bits per heavy atom. The molecule has 3 heteroatoms. The lowest BCUT2D eigenvalue weighted by molar-refractivity contribution is 0.0825. The van der Waals surface area contributed by atoms with Gasteiger partial charge in [-0.05, 0) is 17.9 Å². The van der Waals surface area contributed by atoms with Crippen LogP contribution in [0.15, 0.2) is 17.5 Å². The second-order valence-electron chi connectivity index (χ2n) is 3.42. The number of thiophene rings is 1. The molecule has 2 nitrogen and oxygen atoms in total. The molecule has 0 spiro atoms. The lowest BCUT2D eigenvalue weighted by Crippen LogP contribution is -2.34. The Morgan fingerprint density at radius 2 is 2.38 bits per heavy atom. The molecule has 1 aromatic heterocycles. The Morgan fingerprint density at radius 3 is 2.77 bits per heavy atom. The van der Waals surface area contributed by atoms with Crippen LogP contribution in [0.2, 0.25) is 0 Å². The van der Waals surface area contributed by atoms with Crippen LogP contribution in [0.3, 0.4) is 0 Å². The first-order chi connectivity index (χ1) is 6.14. The van der Waals surface area contributed by atoms with E-state index in [9.17, 15) is 4.79 Å². The molecule has 0 saturated carbocycles. The molecule has 0 bridgehead atoms. The van der Waals surface area contributed by atoms with Gasteiger partial charge in [-0.25, -0.2) is 0 Å². The fourth-order valence-electron chi connectivity index (χ4n) is 1.10. The standard InChI is InChI=1S/C10H15NOS/c1-3-10(2,7-11)9(12)8-5-4-6-13-8/h4-6H,3,7,11H2,1-2H3.